The Bertz CT molecular complexity index is 217. The van der Waals surface area contributed by atoms with Crippen molar-refractivity contribution >= 4 is 5.91 Å². The van der Waals surface area contributed by atoms with Crippen molar-refractivity contribution in [2.75, 3.05) is 13.7 Å². The Morgan fingerprint density at radius 2 is 2.33 bits per heavy atom. The van der Waals surface area contributed by atoms with Crippen LogP contribution in [-0.4, -0.2) is 31.2 Å². The Morgan fingerprint density at radius 1 is 1.60 bits per heavy atom. The van der Waals surface area contributed by atoms with Crippen LogP contribution < -0.4 is 11.1 Å². The largest absolute Gasteiger partial charge is 0.380 e. The number of amides is 1. The normalized spacial score (nSPS) is 31.5. The van der Waals surface area contributed by atoms with Crippen LogP contribution in [0.5, 0.6) is 0 Å². The van der Waals surface area contributed by atoms with Crippen LogP contribution >= 0.6 is 0 Å². The molecule has 88 valence electrons. The Morgan fingerprint density at radius 3 is 2.87 bits per heavy atom. The first kappa shape index (κ1) is 12.5. The maximum atomic E-state index is 11.1. The quantitative estimate of drug-likeness (QED) is 0.711. The summed E-state index contributed by atoms with van der Waals surface area (Å²) in [6.07, 6.45) is 4.78. The van der Waals surface area contributed by atoms with Gasteiger partial charge < -0.3 is 15.8 Å². The van der Waals surface area contributed by atoms with E-state index in [0.717, 1.165) is 25.8 Å². The first-order valence-corrected chi connectivity index (χ1v) is 5.70. The first-order valence-electron chi connectivity index (χ1n) is 5.70. The van der Waals surface area contributed by atoms with Gasteiger partial charge in [-0.1, -0.05) is 19.8 Å². The molecular weight excluding hydrogens is 192 g/mol. The fourth-order valence-corrected chi connectivity index (χ4v) is 2.68. The number of nitrogens with one attached hydrogen (secondary N) is 1. The smallest absolute Gasteiger partial charge is 0.219 e. The lowest BCUT2D eigenvalue weighted by Gasteiger charge is -2.43. The number of hydrogen-bond donors (Lipinski definition) is 2. The third-order valence-corrected chi connectivity index (χ3v) is 3.26. The zero-order valence-corrected chi connectivity index (χ0v) is 9.71. The minimum absolute atomic E-state index is 0.110. The summed E-state index contributed by atoms with van der Waals surface area (Å²) in [5.41, 5.74) is 5.09. The summed E-state index contributed by atoms with van der Waals surface area (Å²) in [5.74, 6) is -0.250. The number of rotatable bonds is 5. The van der Waals surface area contributed by atoms with Crippen LogP contribution in [0.2, 0.25) is 0 Å². The zero-order valence-electron chi connectivity index (χ0n) is 9.71. The van der Waals surface area contributed by atoms with Gasteiger partial charge in [-0.2, -0.15) is 0 Å². The number of carbonyl (C=O) groups is 1. The third-order valence-electron chi connectivity index (χ3n) is 3.26. The lowest BCUT2D eigenvalue weighted by molar-refractivity contribution is -0.122. The van der Waals surface area contributed by atoms with Crippen LogP contribution in [-0.2, 0) is 9.53 Å². The lowest BCUT2D eigenvalue weighted by atomic mass is 9.76. The second-order valence-corrected chi connectivity index (χ2v) is 4.30. The molecule has 0 saturated heterocycles. The van der Waals surface area contributed by atoms with Crippen LogP contribution in [0, 0.1) is 0 Å². The van der Waals surface area contributed by atoms with E-state index < -0.39 is 0 Å². The van der Waals surface area contributed by atoms with Crippen LogP contribution in [0.15, 0.2) is 0 Å². The summed E-state index contributed by atoms with van der Waals surface area (Å²) in [6, 6.07) is 0. The molecule has 1 aliphatic rings. The van der Waals surface area contributed by atoms with Gasteiger partial charge in [-0.05, 0) is 19.4 Å². The van der Waals surface area contributed by atoms with Crippen LogP contribution in [0.4, 0.5) is 0 Å². The average molecular weight is 214 g/mol. The maximum Gasteiger partial charge on any atom is 0.219 e. The SMILES string of the molecule is CCNC1(CC(N)=O)CCCCC1OC. The van der Waals surface area contributed by atoms with Crippen molar-refractivity contribution in [2.24, 2.45) is 5.73 Å². The van der Waals surface area contributed by atoms with Crippen molar-refractivity contribution in [3.05, 3.63) is 0 Å². The van der Waals surface area contributed by atoms with Crippen molar-refractivity contribution in [3.8, 4) is 0 Å². The van der Waals surface area contributed by atoms with Gasteiger partial charge >= 0.3 is 0 Å². The van der Waals surface area contributed by atoms with E-state index in [9.17, 15) is 4.79 Å². The van der Waals surface area contributed by atoms with Gasteiger partial charge in [-0.25, -0.2) is 0 Å². The standard InChI is InChI=1S/C11H22N2O2/c1-3-13-11(8-10(12)14)7-5-4-6-9(11)15-2/h9,13H,3-8H2,1-2H3,(H2,12,14). The Hall–Kier alpha value is -0.610. The summed E-state index contributed by atoms with van der Waals surface area (Å²) >= 11 is 0. The second kappa shape index (κ2) is 5.47. The van der Waals surface area contributed by atoms with Gasteiger partial charge in [0.15, 0.2) is 0 Å². The molecule has 15 heavy (non-hydrogen) atoms. The minimum Gasteiger partial charge on any atom is -0.380 e. The van der Waals surface area contributed by atoms with Crippen LogP contribution in [0.25, 0.3) is 0 Å². The van der Waals surface area contributed by atoms with Gasteiger partial charge in [0.1, 0.15) is 0 Å². The maximum absolute atomic E-state index is 11.1. The molecule has 1 amide bonds. The highest BCUT2D eigenvalue weighted by Gasteiger charge is 2.41. The monoisotopic (exact) mass is 214 g/mol. The Balaban J connectivity index is 2.78. The van der Waals surface area contributed by atoms with Gasteiger partial charge in [0.2, 0.25) is 5.91 Å². The fraction of sp³-hybridized carbons (Fsp3) is 0.909. The van der Waals surface area contributed by atoms with Crippen LogP contribution in [0.3, 0.4) is 0 Å². The van der Waals surface area contributed by atoms with E-state index >= 15 is 0 Å². The van der Waals surface area contributed by atoms with E-state index in [1.807, 2.05) is 6.92 Å². The number of primary amides is 1. The molecule has 1 aliphatic carbocycles. The van der Waals surface area contributed by atoms with Crippen molar-refractivity contribution in [3.63, 3.8) is 0 Å². The minimum atomic E-state index is -0.250. The summed E-state index contributed by atoms with van der Waals surface area (Å²) in [7, 11) is 1.71. The molecule has 0 bridgehead atoms. The molecule has 0 radical (unpaired) electrons. The average Bonchev–Trinajstić information content (AvgIpc) is 2.17. The lowest BCUT2D eigenvalue weighted by Crippen LogP contribution is -2.58. The van der Waals surface area contributed by atoms with Crippen molar-refractivity contribution in [1.82, 2.24) is 5.32 Å². The molecule has 1 saturated carbocycles. The Kier molecular flexibility index (Phi) is 4.54. The van der Waals surface area contributed by atoms with E-state index in [0.29, 0.717) is 6.42 Å². The third kappa shape index (κ3) is 2.92. The molecule has 2 unspecified atom stereocenters. The number of nitrogens with two attached hydrogens (primary N) is 1. The van der Waals surface area contributed by atoms with Gasteiger partial charge in [-0.3, -0.25) is 4.79 Å². The number of methoxy groups -OCH3 is 1. The molecule has 1 fully saturated rings. The number of likely N-dealkylation sites (N-methyl/N-ethyl adjacent to an activating group) is 1. The molecule has 0 aromatic heterocycles. The molecule has 4 nitrogen and oxygen atoms in total. The summed E-state index contributed by atoms with van der Waals surface area (Å²) in [5, 5.41) is 3.40. The highest BCUT2D eigenvalue weighted by atomic mass is 16.5. The van der Waals surface area contributed by atoms with Gasteiger partial charge in [0.05, 0.1) is 11.6 Å². The van der Waals surface area contributed by atoms with Crippen molar-refractivity contribution < 1.29 is 9.53 Å². The van der Waals surface area contributed by atoms with E-state index in [-0.39, 0.29) is 17.6 Å². The first-order chi connectivity index (χ1) is 7.14. The summed E-state index contributed by atoms with van der Waals surface area (Å²) < 4.78 is 5.49. The molecule has 0 aliphatic heterocycles. The van der Waals surface area contributed by atoms with Gasteiger partial charge in [0, 0.05) is 13.5 Å². The number of hydrogen-bond acceptors (Lipinski definition) is 3. The number of ether oxygens (including phenoxy) is 1. The van der Waals surface area contributed by atoms with Crippen molar-refractivity contribution in [1.29, 1.82) is 0 Å². The van der Waals surface area contributed by atoms with Gasteiger partial charge in [-0.15, -0.1) is 0 Å². The summed E-state index contributed by atoms with van der Waals surface area (Å²) in [6.45, 7) is 2.89. The fourth-order valence-electron chi connectivity index (χ4n) is 2.68. The topological polar surface area (TPSA) is 64.3 Å². The van der Waals surface area contributed by atoms with Crippen LogP contribution in [0.1, 0.15) is 39.0 Å². The van der Waals surface area contributed by atoms with E-state index in [4.69, 9.17) is 10.5 Å². The predicted octanol–water partition coefficient (Wildman–Crippen LogP) is 0.799. The highest BCUT2D eigenvalue weighted by molar-refractivity contribution is 5.75. The van der Waals surface area contributed by atoms with Gasteiger partial charge in [0.25, 0.3) is 0 Å². The molecule has 0 heterocycles. The predicted molar refractivity (Wildman–Crippen MR) is 59.5 cm³/mol. The van der Waals surface area contributed by atoms with E-state index in [2.05, 4.69) is 5.32 Å². The Labute approximate surface area is 91.5 Å². The molecule has 3 N–H and O–H groups in total. The van der Waals surface area contributed by atoms with E-state index in [1.165, 1.54) is 6.42 Å². The molecule has 1 rings (SSSR count). The molecule has 0 aromatic rings. The molecule has 2 atom stereocenters. The van der Waals surface area contributed by atoms with Crippen molar-refractivity contribution in [2.45, 2.75) is 50.7 Å². The molecule has 4 heteroatoms. The summed E-state index contributed by atoms with van der Waals surface area (Å²) in [4.78, 5) is 11.1. The molecule has 0 aromatic carbocycles. The van der Waals surface area contributed by atoms with E-state index in [1.54, 1.807) is 7.11 Å². The molecule has 0 spiro atoms. The number of carbonyl (C=O) groups excluding carboxylic acids is 1. The highest BCUT2D eigenvalue weighted by Crippen LogP contribution is 2.33. The second-order valence-electron chi connectivity index (χ2n) is 4.30. The molecular formula is C11H22N2O2. The zero-order chi connectivity index (χ0) is 11.3.